The van der Waals surface area contributed by atoms with Gasteiger partial charge >= 0.3 is 0 Å². The zero-order valence-electron chi connectivity index (χ0n) is 9.44. The quantitative estimate of drug-likeness (QED) is 0.877. The number of sulfonamides is 1. The van der Waals surface area contributed by atoms with Crippen molar-refractivity contribution in [3.05, 3.63) is 15.9 Å². The van der Waals surface area contributed by atoms with Crippen LogP contribution in [0.3, 0.4) is 0 Å². The second kappa shape index (κ2) is 5.94. The van der Waals surface area contributed by atoms with Crippen LogP contribution in [0.2, 0.25) is 0 Å². The van der Waals surface area contributed by atoms with Crippen LogP contribution in [0, 0.1) is 0 Å². The van der Waals surface area contributed by atoms with Crippen molar-refractivity contribution in [1.82, 2.24) is 9.62 Å². The summed E-state index contributed by atoms with van der Waals surface area (Å²) in [5, 5.41) is 4.23. The highest BCUT2D eigenvalue weighted by molar-refractivity contribution is 9.10. The maximum absolute atomic E-state index is 12.1. The minimum Gasteiger partial charge on any atom is -0.355 e. The Morgan fingerprint density at radius 2 is 2.24 bits per heavy atom. The van der Waals surface area contributed by atoms with Gasteiger partial charge in [-0.2, -0.15) is 4.31 Å². The fraction of sp³-hybridized carbons (Fsp3) is 0.444. The van der Waals surface area contributed by atoms with Gasteiger partial charge in [-0.25, -0.2) is 8.42 Å². The fourth-order valence-corrected chi connectivity index (χ4v) is 4.77. The van der Waals surface area contributed by atoms with Gasteiger partial charge in [-0.15, -0.1) is 11.3 Å². The number of nitrogens with one attached hydrogen (secondary N) is 1. The van der Waals surface area contributed by atoms with Crippen LogP contribution in [0.1, 0.15) is 6.92 Å². The van der Waals surface area contributed by atoms with Gasteiger partial charge in [0.25, 0.3) is 10.0 Å². The summed E-state index contributed by atoms with van der Waals surface area (Å²) in [6.07, 6.45) is 0. The molecular formula is C9H13BrN2O3S2. The zero-order chi connectivity index (χ0) is 13.1. The second-order valence-corrected chi connectivity index (χ2v) is 7.28. The molecule has 1 amide bonds. The number of carbonyl (C=O) groups is 1. The molecule has 0 fully saturated rings. The summed E-state index contributed by atoms with van der Waals surface area (Å²) in [6, 6.07) is 1.66. The summed E-state index contributed by atoms with van der Waals surface area (Å²) >= 11 is 4.29. The van der Waals surface area contributed by atoms with E-state index in [-0.39, 0.29) is 16.7 Å². The van der Waals surface area contributed by atoms with Crippen molar-refractivity contribution in [2.75, 3.05) is 20.1 Å². The lowest BCUT2D eigenvalue weighted by atomic mass is 10.5. The first-order valence-electron chi connectivity index (χ1n) is 4.85. The molecule has 0 aliphatic rings. The van der Waals surface area contributed by atoms with Gasteiger partial charge in [0.2, 0.25) is 5.91 Å². The number of carbonyl (C=O) groups excluding carboxylic acids is 1. The number of rotatable bonds is 5. The summed E-state index contributed by atoms with van der Waals surface area (Å²) in [6.45, 7) is 2.08. The van der Waals surface area contributed by atoms with Crippen LogP contribution in [0.15, 0.2) is 20.1 Å². The molecule has 17 heavy (non-hydrogen) atoms. The van der Waals surface area contributed by atoms with Gasteiger partial charge < -0.3 is 5.32 Å². The normalized spacial score (nSPS) is 11.8. The van der Waals surface area contributed by atoms with Crippen molar-refractivity contribution in [1.29, 1.82) is 0 Å². The Kier molecular flexibility index (Phi) is 5.11. The predicted octanol–water partition coefficient (Wildman–Crippen LogP) is 1.27. The molecule has 0 radical (unpaired) electrons. The smallest absolute Gasteiger partial charge is 0.253 e. The van der Waals surface area contributed by atoms with E-state index in [0.717, 1.165) is 15.6 Å². The van der Waals surface area contributed by atoms with Gasteiger partial charge in [-0.05, 0) is 34.3 Å². The van der Waals surface area contributed by atoms with Crippen molar-refractivity contribution in [2.45, 2.75) is 11.1 Å². The highest BCUT2D eigenvalue weighted by Gasteiger charge is 2.26. The lowest BCUT2D eigenvalue weighted by Gasteiger charge is -2.15. The minimum absolute atomic E-state index is 0.180. The highest BCUT2D eigenvalue weighted by Crippen LogP contribution is 2.29. The molecule has 1 aromatic rings. The van der Waals surface area contributed by atoms with Gasteiger partial charge in [-0.3, -0.25) is 4.79 Å². The summed E-state index contributed by atoms with van der Waals surface area (Å²) in [7, 11) is -2.21. The molecule has 0 bridgehead atoms. The van der Waals surface area contributed by atoms with E-state index < -0.39 is 10.0 Å². The standard InChI is InChI=1S/C9H13BrN2O3S2/c1-3-11-8(13)6-12(2)17(14,15)9-7(10)4-5-16-9/h4-5H,3,6H2,1-2H3,(H,11,13). The maximum atomic E-state index is 12.1. The lowest BCUT2D eigenvalue weighted by Crippen LogP contribution is -2.38. The van der Waals surface area contributed by atoms with Crippen molar-refractivity contribution < 1.29 is 13.2 Å². The molecule has 0 aromatic carbocycles. The number of hydrogen-bond acceptors (Lipinski definition) is 4. The Morgan fingerprint density at radius 3 is 2.71 bits per heavy atom. The lowest BCUT2D eigenvalue weighted by molar-refractivity contribution is -0.121. The Labute approximate surface area is 113 Å². The fourth-order valence-electron chi connectivity index (χ4n) is 1.15. The van der Waals surface area contributed by atoms with E-state index in [1.807, 2.05) is 0 Å². The summed E-state index contributed by atoms with van der Waals surface area (Å²) in [5.41, 5.74) is 0. The molecule has 0 aliphatic carbocycles. The molecule has 5 nitrogen and oxygen atoms in total. The second-order valence-electron chi connectivity index (χ2n) is 3.27. The molecule has 0 spiro atoms. The maximum Gasteiger partial charge on any atom is 0.253 e. The summed E-state index contributed by atoms with van der Waals surface area (Å²) < 4.78 is 25.9. The van der Waals surface area contributed by atoms with E-state index in [2.05, 4.69) is 21.2 Å². The van der Waals surface area contributed by atoms with E-state index in [9.17, 15) is 13.2 Å². The van der Waals surface area contributed by atoms with Crippen LogP contribution < -0.4 is 5.32 Å². The Morgan fingerprint density at radius 1 is 1.59 bits per heavy atom. The van der Waals surface area contributed by atoms with E-state index in [4.69, 9.17) is 0 Å². The number of amides is 1. The van der Waals surface area contributed by atoms with Crippen LogP contribution in [0.5, 0.6) is 0 Å². The van der Waals surface area contributed by atoms with Crippen molar-refractivity contribution in [3.63, 3.8) is 0 Å². The highest BCUT2D eigenvalue weighted by atomic mass is 79.9. The Balaban J connectivity index is 2.85. The van der Waals surface area contributed by atoms with E-state index >= 15 is 0 Å². The molecule has 1 rings (SSSR count). The summed E-state index contributed by atoms with van der Waals surface area (Å²) in [4.78, 5) is 11.3. The van der Waals surface area contributed by atoms with Crippen LogP contribution >= 0.6 is 27.3 Å². The van der Waals surface area contributed by atoms with E-state index in [0.29, 0.717) is 11.0 Å². The average molecular weight is 341 g/mol. The molecule has 1 heterocycles. The zero-order valence-corrected chi connectivity index (χ0v) is 12.7. The number of thiophene rings is 1. The number of hydrogen-bond donors (Lipinski definition) is 1. The SMILES string of the molecule is CCNC(=O)CN(C)S(=O)(=O)c1sccc1Br. The van der Waals surface area contributed by atoms with Crippen molar-refractivity contribution >= 4 is 43.2 Å². The average Bonchev–Trinajstić information content (AvgIpc) is 2.65. The molecule has 1 N–H and O–H groups in total. The Hall–Kier alpha value is -0.440. The molecular weight excluding hydrogens is 328 g/mol. The van der Waals surface area contributed by atoms with Gasteiger partial charge in [-0.1, -0.05) is 0 Å². The number of nitrogens with zero attached hydrogens (tertiary/aromatic N) is 1. The molecule has 96 valence electrons. The Bertz CT molecular complexity index is 498. The van der Waals surface area contributed by atoms with Gasteiger partial charge in [0.15, 0.2) is 0 Å². The molecule has 0 saturated carbocycles. The van der Waals surface area contributed by atoms with E-state index in [1.165, 1.54) is 7.05 Å². The van der Waals surface area contributed by atoms with Crippen LogP contribution in [0.4, 0.5) is 0 Å². The van der Waals surface area contributed by atoms with Crippen LogP contribution in [-0.2, 0) is 14.8 Å². The molecule has 0 unspecified atom stereocenters. The number of likely N-dealkylation sites (N-methyl/N-ethyl adjacent to an activating group) is 2. The van der Waals surface area contributed by atoms with Gasteiger partial charge in [0, 0.05) is 18.1 Å². The first-order chi connectivity index (χ1) is 7.89. The predicted molar refractivity (Wildman–Crippen MR) is 70.5 cm³/mol. The number of halogens is 1. The molecule has 8 heteroatoms. The minimum atomic E-state index is -3.60. The molecule has 1 aromatic heterocycles. The van der Waals surface area contributed by atoms with Crippen molar-refractivity contribution in [2.24, 2.45) is 0 Å². The third-order valence-corrected chi connectivity index (χ3v) is 6.42. The van der Waals surface area contributed by atoms with E-state index in [1.54, 1.807) is 18.4 Å². The molecule has 0 atom stereocenters. The summed E-state index contributed by atoms with van der Waals surface area (Å²) in [5.74, 6) is -0.314. The van der Waals surface area contributed by atoms with Crippen LogP contribution in [-0.4, -0.2) is 38.8 Å². The third kappa shape index (κ3) is 3.51. The first kappa shape index (κ1) is 14.6. The van der Waals surface area contributed by atoms with Crippen LogP contribution in [0.25, 0.3) is 0 Å². The van der Waals surface area contributed by atoms with Gasteiger partial charge in [0.05, 0.1) is 6.54 Å². The molecule has 0 saturated heterocycles. The van der Waals surface area contributed by atoms with Crippen molar-refractivity contribution in [3.8, 4) is 0 Å². The third-order valence-electron chi connectivity index (χ3n) is 1.97. The monoisotopic (exact) mass is 340 g/mol. The first-order valence-corrected chi connectivity index (χ1v) is 7.97. The largest absolute Gasteiger partial charge is 0.355 e. The molecule has 0 aliphatic heterocycles. The topological polar surface area (TPSA) is 66.5 Å². The van der Waals surface area contributed by atoms with Gasteiger partial charge in [0.1, 0.15) is 4.21 Å².